The zero-order valence-electron chi connectivity index (χ0n) is 6.44. The van der Waals surface area contributed by atoms with Gasteiger partial charge in [-0.25, -0.2) is 8.42 Å². The van der Waals surface area contributed by atoms with Gasteiger partial charge >= 0.3 is 0 Å². The quantitative estimate of drug-likeness (QED) is 0.718. The van der Waals surface area contributed by atoms with Crippen molar-refractivity contribution in [2.75, 3.05) is 5.32 Å². The molecule has 1 aromatic heterocycles. The minimum Gasteiger partial charge on any atom is -0.558 e. The number of rotatable bonds is 2. The van der Waals surface area contributed by atoms with Crippen molar-refractivity contribution in [1.82, 2.24) is 10.2 Å². The van der Waals surface area contributed by atoms with Gasteiger partial charge in [-0.2, -0.15) is 0 Å². The third kappa shape index (κ3) is 2.72. The molecule has 0 aliphatic rings. The average molecular weight is 221 g/mol. The Morgan fingerprint density at radius 1 is 1.54 bits per heavy atom. The van der Waals surface area contributed by atoms with Crippen molar-refractivity contribution in [3.05, 3.63) is 5.14 Å². The third-order valence-electron chi connectivity index (χ3n) is 0.919. The summed E-state index contributed by atoms with van der Waals surface area (Å²) in [6, 6.07) is 0. The van der Waals surface area contributed by atoms with E-state index < -0.39 is 14.4 Å². The fourth-order valence-electron chi connectivity index (χ4n) is 0.519. The molecular weight excluding hydrogens is 216 g/mol. The maximum Gasteiger partial charge on any atom is 0.223 e. The molecule has 0 aliphatic heterocycles. The number of hydrogen-bond donors (Lipinski definition) is 1. The minimum atomic E-state index is -4.07. The number of sulfonamides is 1. The lowest BCUT2D eigenvalue weighted by Gasteiger charge is -1.95. The highest BCUT2D eigenvalue weighted by molar-refractivity contribution is 7.94. The van der Waals surface area contributed by atoms with E-state index in [4.69, 9.17) is 5.14 Å². The number of carbonyl (C=O) groups excluding carboxylic acids is 1. The molecule has 0 saturated carbocycles. The smallest absolute Gasteiger partial charge is 0.223 e. The molecule has 0 atom stereocenters. The van der Waals surface area contributed by atoms with E-state index in [2.05, 4.69) is 15.5 Å². The second-order valence-corrected chi connectivity index (χ2v) is 4.69. The lowest BCUT2D eigenvalue weighted by molar-refractivity contribution is -0.114. The van der Waals surface area contributed by atoms with Crippen LogP contribution in [-0.2, 0) is 14.8 Å². The molecular formula is C4H5N4O3S2-. The SMILES string of the molecule is CC(=O)Nc1nnc(S([NH-])(=O)=O)s1. The first-order chi connectivity index (χ1) is 5.89. The summed E-state index contributed by atoms with van der Waals surface area (Å²) in [7, 11) is -4.07. The van der Waals surface area contributed by atoms with E-state index in [1.165, 1.54) is 6.92 Å². The van der Waals surface area contributed by atoms with Gasteiger partial charge in [0.05, 0.1) is 0 Å². The first-order valence-corrected chi connectivity index (χ1v) is 5.30. The van der Waals surface area contributed by atoms with Crippen molar-refractivity contribution in [3.8, 4) is 0 Å². The summed E-state index contributed by atoms with van der Waals surface area (Å²) in [6.07, 6.45) is 0. The van der Waals surface area contributed by atoms with Crippen LogP contribution >= 0.6 is 11.3 Å². The van der Waals surface area contributed by atoms with Crippen LogP contribution in [0.15, 0.2) is 4.34 Å². The van der Waals surface area contributed by atoms with Gasteiger partial charge in [-0.05, 0) is 0 Å². The maximum absolute atomic E-state index is 10.6. The Bertz CT molecular complexity index is 422. The molecule has 9 heteroatoms. The fourth-order valence-corrected chi connectivity index (χ4v) is 1.87. The summed E-state index contributed by atoms with van der Waals surface area (Å²) in [4.78, 5) is 10.5. The number of amides is 1. The summed E-state index contributed by atoms with van der Waals surface area (Å²) in [5.74, 6) is -0.370. The lowest BCUT2D eigenvalue weighted by Crippen LogP contribution is -2.04. The van der Waals surface area contributed by atoms with Crippen LogP contribution in [0.5, 0.6) is 0 Å². The van der Waals surface area contributed by atoms with Gasteiger partial charge in [-0.15, -0.1) is 10.2 Å². The van der Waals surface area contributed by atoms with Gasteiger partial charge < -0.3 is 10.5 Å². The first-order valence-electron chi connectivity index (χ1n) is 3.00. The zero-order chi connectivity index (χ0) is 10.1. The van der Waals surface area contributed by atoms with E-state index in [0.717, 1.165) is 0 Å². The van der Waals surface area contributed by atoms with Crippen LogP contribution in [0.25, 0.3) is 5.14 Å². The number of anilines is 1. The molecule has 0 saturated heterocycles. The fraction of sp³-hybridized carbons (Fsp3) is 0.250. The van der Waals surface area contributed by atoms with Gasteiger partial charge in [0.1, 0.15) is 10.0 Å². The van der Waals surface area contributed by atoms with E-state index in [0.29, 0.717) is 11.3 Å². The predicted molar refractivity (Wildman–Crippen MR) is 45.7 cm³/mol. The standard InChI is InChI=1S/C4H6N4O3S2/c1-2(9)6-3-7-8-4(12-3)13(5,10)11/h1H3,(H3,5,6,7,9,10,11)/p-1. The largest absolute Gasteiger partial charge is 0.558 e. The molecule has 72 valence electrons. The van der Waals surface area contributed by atoms with Crippen LogP contribution in [0, 0.1) is 0 Å². The molecule has 0 unspecified atom stereocenters. The number of nitrogens with zero attached hydrogens (tertiary/aromatic N) is 2. The van der Waals surface area contributed by atoms with Crippen LogP contribution in [0.2, 0.25) is 0 Å². The number of nitrogens with one attached hydrogen (secondary N) is 2. The summed E-state index contributed by atoms with van der Waals surface area (Å²) in [6.45, 7) is 1.26. The Labute approximate surface area is 78.0 Å². The summed E-state index contributed by atoms with van der Waals surface area (Å²) in [5.41, 5.74) is 0. The summed E-state index contributed by atoms with van der Waals surface area (Å²) < 4.78 is 20.8. The second kappa shape index (κ2) is 3.36. The average Bonchev–Trinajstić information content (AvgIpc) is 2.32. The molecule has 1 rings (SSSR count). The number of carbonyl (C=O) groups is 1. The predicted octanol–water partition coefficient (Wildman–Crippen LogP) is 0.237. The normalized spacial score (nSPS) is 11.2. The van der Waals surface area contributed by atoms with Crippen LogP contribution in [-0.4, -0.2) is 24.5 Å². The first kappa shape index (κ1) is 10.0. The van der Waals surface area contributed by atoms with Gasteiger partial charge in [0.25, 0.3) is 0 Å². The second-order valence-electron chi connectivity index (χ2n) is 2.06. The van der Waals surface area contributed by atoms with E-state index in [1.54, 1.807) is 0 Å². The van der Waals surface area contributed by atoms with Crippen LogP contribution in [0.1, 0.15) is 6.92 Å². The Morgan fingerprint density at radius 2 is 2.15 bits per heavy atom. The van der Waals surface area contributed by atoms with E-state index in [9.17, 15) is 13.2 Å². The van der Waals surface area contributed by atoms with E-state index in [-0.39, 0.29) is 11.0 Å². The third-order valence-corrected chi connectivity index (χ3v) is 3.00. The molecule has 0 aromatic carbocycles. The van der Waals surface area contributed by atoms with Crippen LogP contribution < -0.4 is 5.32 Å². The van der Waals surface area contributed by atoms with Gasteiger partial charge in [-0.3, -0.25) is 4.79 Å². The van der Waals surface area contributed by atoms with Crippen molar-refractivity contribution in [2.45, 2.75) is 11.3 Å². The van der Waals surface area contributed by atoms with Crippen molar-refractivity contribution in [1.29, 1.82) is 0 Å². The summed E-state index contributed by atoms with van der Waals surface area (Å²) >= 11 is 0.639. The topological polar surface area (TPSA) is 113 Å². The van der Waals surface area contributed by atoms with Crippen LogP contribution in [0.3, 0.4) is 0 Å². The molecule has 13 heavy (non-hydrogen) atoms. The van der Waals surface area contributed by atoms with E-state index >= 15 is 0 Å². The Hall–Kier alpha value is -1.06. The number of hydrogen-bond acceptors (Lipinski definition) is 6. The minimum absolute atomic E-state index is 0.0679. The van der Waals surface area contributed by atoms with Crippen molar-refractivity contribution < 1.29 is 13.2 Å². The summed E-state index contributed by atoms with van der Waals surface area (Å²) in [5, 5.41) is 15.5. The van der Waals surface area contributed by atoms with Gasteiger partial charge in [0.15, 0.2) is 0 Å². The molecule has 2 N–H and O–H groups in total. The van der Waals surface area contributed by atoms with Gasteiger partial charge in [-0.1, -0.05) is 11.3 Å². The highest BCUT2D eigenvalue weighted by atomic mass is 32.2. The molecule has 1 aromatic rings. The molecule has 7 nitrogen and oxygen atoms in total. The highest BCUT2D eigenvalue weighted by Gasteiger charge is 2.09. The molecule has 0 spiro atoms. The zero-order valence-corrected chi connectivity index (χ0v) is 8.07. The molecule has 1 heterocycles. The number of aromatic nitrogens is 2. The Morgan fingerprint density at radius 3 is 2.54 bits per heavy atom. The Balaban J connectivity index is 2.94. The maximum atomic E-state index is 10.6. The van der Waals surface area contributed by atoms with Crippen molar-refractivity contribution in [2.24, 2.45) is 0 Å². The monoisotopic (exact) mass is 221 g/mol. The Kier molecular flexibility index (Phi) is 2.59. The van der Waals surface area contributed by atoms with E-state index in [1.807, 2.05) is 0 Å². The van der Waals surface area contributed by atoms with Crippen LogP contribution in [0.4, 0.5) is 5.13 Å². The van der Waals surface area contributed by atoms with Crippen molar-refractivity contribution in [3.63, 3.8) is 0 Å². The van der Waals surface area contributed by atoms with Gasteiger partial charge in [0, 0.05) is 6.92 Å². The molecule has 1 amide bonds. The molecule has 0 radical (unpaired) electrons. The highest BCUT2D eigenvalue weighted by Crippen LogP contribution is 2.20. The molecule has 0 fully saturated rings. The molecule has 0 aliphatic carbocycles. The molecule has 0 bridgehead atoms. The van der Waals surface area contributed by atoms with Gasteiger partial charge in [0.2, 0.25) is 15.4 Å². The lowest BCUT2D eigenvalue weighted by atomic mass is 10.7. The van der Waals surface area contributed by atoms with Crippen molar-refractivity contribution >= 4 is 32.4 Å².